The summed E-state index contributed by atoms with van der Waals surface area (Å²) in [6.07, 6.45) is 1.84. The topological polar surface area (TPSA) is 90.0 Å². The van der Waals surface area contributed by atoms with E-state index in [2.05, 4.69) is 22.3 Å². The Balaban J connectivity index is 1.25. The molecule has 9 heteroatoms. The Morgan fingerprint density at radius 2 is 1.50 bits per heavy atom. The van der Waals surface area contributed by atoms with Gasteiger partial charge < -0.3 is 15.1 Å². The third kappa shape index (κ3) is 5.77. The van der Waals surface area contributed by atoms with Crippen LogP contribution in [0.25, 0.3) is 0 Å². The lowest BCUT2D eigenvalue weighted by Gasteiger charge is -2.37. The molecule has 2 fully saturated rings. The first-order valence-electron chi connectivity index (χ1n) is 11.8. The average molecular weight is 485 g/mol. The van der Waals surface area contributed by atoms with Crippen LogP contribution in [0.3, 0.4) is 0 Å². The molecule has 0 aromatic heterocycles. The zero-order chi connectivity index (χ0) is 24.1. The third-order valence-electron chi connectivity index (χ3n) is 6.60. The summed E-state index contributed by atoms with van der Waals surface area (Å²) in [5.41, 5.74) is 1.75. The number of hydrogen-bond acceptors (Lipinski definition) is 5. The van der Waals surface area contributed by atoms with Crippen molar-refractivity contribution >= 4 is 33.2 Å². The maximum atomic E-state index is 13.0. The molecule has 2 saturated heterocycles. The largest absolute Gasteiger partial charge is 0.368 e. The molecule has 182 valence electrons. The van der Waals surface area contributed by atoms with Crippen molar-refractivity contribution in [2.24, 2.45) is 5.92 Å². The lowest BCUT2D eigenvalue weighted by atomic mass is 9.94. The molecule has 2 heterocycles. The van der Waals surface area contributed by atoms with Gasteiger partial charge >= 0.3 is 0 Å². The highest BCUT2D eigenvalue weighted by molar-refractivity contribution is 7.89. The monoisotopic (exact) mass is 484 g/mol. The number of sulfonamides is 1. The molecule has 8 nitrogen and oxygen atoms in total. The molecule has 2 aliphatic rings. The van der Waals surface area contributed by atoms with Crippen LogP contribution in [0.5, 0.6) is 0 Å². The van der Waals surface area contributed by atoms with Gasteiger partial charge in [-0.2, -0.15) is 4.31 Å². The second-order valence-electron chi connectivity index (χ2n) is 8.96. The van der Waals surface area contributed by atoms with Crippen molar-refractivity contribution in [2.75, 3.05) is 49.5 Å². The summed E-state index contributed by atoms with van der Waals surface area (Å²) in [7, 11) is -3.59. The zero-order valence-electron chi connectivity index (χ0n) is 19.5. The minimum absolute atomic E-state index is 0.169. The minimum Gasteiger partial charge on any atom is -0.368 e. The molecule has 2 aliphatic heterocycles. The summed E-state index contributed by atoms with van der Waals surface area (Å²) in [5, 5.41) is 2.64. The molecule has 4 rings (SSSR count). The van der Waals surface area contributed by atoms with E-state index >= 15 is 0 Å². The highest BCUT2D eigenvalue weighted by Crippen LogP contribution is 2.27. The van der Waals surface area contributed by atoms with Gasteiger partial charge in [0.2, 0.25) is 21.8 Å². The smallest absolute Gasteiger partial charge is 0.243 e. The Hall–Kier alpha value is -2.91. The van der Waals surface area contributed by atoms with Gasteiger partial charge in [0.1, 0.15) is 0 Å². The van der Waals surface area contributed by atoms with Crippen molar-refractivity contribution < 1.29 is 18.0 Å². The minimum atomic E-state index is -3.59. The van der Waals surface area contributed by atoms with E-state index in [1.165, 1.54) is 29.0 Å². The molecule has 0 unspecified atom stereocenters. The standard InChI is InChI=1S/C25H32N4O4S/c1-20(30)26-22-7-9-24(10-8-22)34(32,33)29-13-11-21(12-14-29)19-25(31)28-17-15-27(16-18-28)23-5-3-2-4-6-23/h2-10,21H,11-19H2,1H3,(H,26,30). The SMILES string of the molecule is CC(=O)Nc1ccc(S(=O)(=O)N2CCC(CC(=O)N3CCN(c4ccccc4)CC3)CC2)cc1. The third-order valence-corrected chi connectivity index (χ3v) is 8.52. The molecule has 0 bridgehead atoms. The lowest BCUT2D eigenvalue weighted by Crippen LogP contribution is -2.49. The van der Waals surface area contributed by atoms with Crippen LogP contribution in [0, 0.1) is 5.92 Å². The predicted molar refractivity (Wildman–Crippen MR) is 132 cm³/mol. The number of amides is 2. The second-order valence-corrected chi connectivity index (χ2v) is 10.9. The van der Waals surface area contributed by atoms with Gasteiger partial charge in [0.25, 0.3) is 0 Å². The lowest BCUT2D eigenvalue weighted by molar-refractivity contribution is -0.132. The Kier molecular flexibility index (Phi) is 7.53. The molecule has 2 amide bonds. The van der Waals surface area contributed by atoms with Gasteiger partial charge in [-0.1, -0.05) is 18.2 Å². The van der Waals surface area contributed by atoms with Gasteiger partial charge in [-0.05, 0) is 55.2 Å². The summed E-state index contributed by atoms with van der Waals surface area (Å²) < 4.78 is 27.5. The molecule has 2 aromatic rings. The number of anilines is 2. The molecule has 0 aliphatic carbocycles. The van der Waals surface area contributed by atoms with Crippen LogP contribution in [-0.4, -0.2) is 68.7 Å². The fourth-order valence-corrected chi connectivity index (χ4v) is 6.11. The first-order chi connectivity index (χ1) is 16.3. The molecule has 0 saturated carbocycles. The van der Waals surface area contributed by atoms with Gasteiger partial charge in [-0.3, -0.25) is 9.59 Å². The quantitative estimate of drug-likeness (QED) is 0.681. The second kappa shape index (κ2) is 10.6. The van der Waals surface area contributed by atoms with Crippen LogP contribution in [0.15, 0.2) is 59.5 Å². The van der Waals surface area contributed by atoms with E-state index in [0.29, 0.717) is 38.0 Å². The number of nitrogens with one attached hydrogen (secondary N) is 1. The summed E-state index contributed by atoms with van der Waals surface area (Å²) in [5.74, 6) is 0.168. The van der Waals surface area contributed by atoms with E-state index in [4.69, 9.17) is 0 Å². The van der Waals surface area contributed by atoms with Gasteiger partial charge in [-0.25, -0.2) is 8.42 Å². The van der Waals surface area contributed by atoms with Crippen LogP contribution in [0.2, 0.25) is 0 Å². The number of piperidine rings is 1. The van der Waals surface area contributed by atoms with E-state index in [0.717, 1.165) is 26.2 Å². The van der Waals surface area contributed by atoms with Crippen molar-refractivity contribution in [1.29, 1.82) is 0 Å². The zero-order valence-corrected chi connectivity index (χ0v) is 20.3. The number of carbonyl (C=O) groups excluding carboxylic acids is 2. The maximum Gasteiger partial charge on any atom is 0.243 e. The van der Waals surface area contributed by atoms with Crippen molar-refractivity contribution in [2.45, 2.75) is 31.1 Å². The molecule has 0 spiro atoms. The normalized spacial score (nSPS) is 18.0. The molecule has 1 N–H and O–H groups in total. The molecule has 2 aromatic carbocycles. The number of rotatable bonds is 6. The molecule has 34 heavy (non-hydrogen) atoms. The number of para-hydroxylation sites is 1. The van der Waals surface area contributed by atoms with Crippen LogP contribution >= 0.6 is 0 Å². The molecular weight excluding hydrogens is 452 g/mol. The van der Waals surface area contributed by atoms with E-state index in [1.54, 1.807) is 12.1 Å². The molecular formula is C25H32N4O4S. The summed E-state index contributed by atoms with van der Waals surface area (Å²) in [6.45, 7) is 5.32. The number of carbonyl (C=O) groups is 2. The van der Waals surface area contributed by atoms with Crippen LogP contribution < -0.4 is 10.2 Å². The Morgan fingerprint density at radius 1 is 0.882 bits per heavy atom. The van der Waals surface area contributed by atoms with Crippen molar-refractivity contribution in [3.63, 3.8) is 0 Å². The van der Waals surface area contributed by atoms with Crippen LogP contribution in [0.4, 0.5) is 11.4 Å². The van der Waals surface area contributed by atoms with Crippen molar-refractivity contribution in [3.8, 4) is 0 Å². The fraction of sp³-hybridized carbons (Fsp3) is 0.440. The van der Waals surface area contributed by atoms with E-state index < -0.39 is 10.0 Å². The highest BCUT2D eigenvalue weighted by Gasteiger charge is 2.31. The fourth-order valence-electron chi connectivity index (χ4n) is 4.65. The van der Waals surface area contributed by atoms with Crippen LogP contribution in [-0.2, 0) is 19.6 Å². The number of benzene rings is 2. The first kappa shape index (κ1) is 24.2. The highest BCUT2D eigenvalue weighted by atomic mass is 32.2. The maximum absolute atomic E-state index is 13.0. The molecule has 0 atom stereocenters. The van der Waals surface area contributed by atoms with Crippen molar-refractivity contribution in [1.82, 2.24) is 9.21 Å². The van der Waals surface area contributed by atoms with Crippen molar-refractivity contribution in [3.05, 3.63) is 54.6 Å². The number of piperazine rings is 1. The Bertz CT molecular complexity index is 1090. The molecule has 0 radical (unpaired) electrons. The summed E-state index contributed by atoms with van der Waals surface area (Å²) in [4.78, 5) is 28.5. The Morgan fingerprint density at radius 3 is 2.09 bits per heavy atom. The average Bonchev–Trinajstić information content (AvgIpc) is 2.85. The van der Waals surface area contributed by atoms with Gasteiger partial charge in [-0.15, -0.1) is 0 Å². The van der Waals surface area contributed by atoms with Gasteiger partial charge in [0, 0.05) is 64.0 Å². The van der Waals surface area contributed by atoms with E-state index in [-0.39, 0.29) is 22.6 Å². The van der Waals surface area contributed by atoms with Gasteiger partial charge in [0.05, 0.1) is 4.90 Å². The van der Waals surface area contributed by atoms with Crippen LogP contribution in [0.1, 0.15) is 26.2 Å². The predicted octanol–water partition coefficient (Wildman–Crippen LogP) is 2.78. The van der Waals surface area contributed by atoms with Gasteiger partial charge in [0.15, 0.2) is 0 Å². The van der Waals surface area contributed by atoms with E-state index in [9.17, 15) is 18.0 Å². The van der Waals surface area contributed by atoms with E-state index in [1.807, 2.05) is 23.1 Å². The summed E-state index contributed by atoms with van der Waals surface area (Å²) >= 11 is 0. The first-order valence-corrected chi connectivity index (χ1v) is 13.2. The summed E-state index contributed by atoms with van der Waals surface area (Å²) in [6, 6.07) is 16.5. The number of nitrogens with zero attached hydrogens (tertiary/aromatic N) is 3. The Labute approximate surface area is 201 Å². The number of hydrogen-bond donors (Lipinski definition) is 1.